The number of sulfonamides is 1. The Hall–Kier alpha value is -2.62. The summed E-state index contributed by atoms with van der Waals surface area (Å²) in [6.07, 6.45) is 2.01. The molecule has 0 aliphatic rings. The Morgan fingerprint density at radius 3 is 2.47 bits per heavy atom. The Kier molecular flexibility index (Phi) is 6.64. The van der Waals surface area contributed by atoms with Gasteiger partial charge >= 0.3 is 6.01 Å². The molecule has 8 nitrogen and oxygen atoms in total. The molecule has 11 heteroatoms. The van der Waals surface area contributed by atoms with Crippen LogP contribution in [0, 0.1) is 0 Å². The summed E-state index contributed by atoms with van der Waals surface area (Å²) in [5.41, 5.74) is 0.703. The maximum atomic E-state index is 12.2. The average molecular weight is 469 g/mol. The Balaban J connectivity index is 2.10. The third kappa shape index (κ3) is 5.29. The second-order valence-corrected chi connectivity index (χ2v) is 9.02. The van der Waals surface area contributed by atoms with Crippen molar-refractivity contribution in [2.75, 3.05) is 10.5 Å². The first-order valence-corrected chi connectivity index (χ1v) is 11.3. The van der Waals surface area contributed by atoms with E-state index in [1.54, 1.807) is 44.4 Å². The molecule has 0 fully saturated rings. The molecule has 3 rings (SSSR count). The highest BCUT2D eigenvalue weighted by molar-refractivity contribution is 7.92. The molecule has 1 aromatic carbocycles. The maximum Gasteiger partial charge on any atom is 0.324 e. The summed E-state index contributed by atoms with van der Waals surface area (Å²) < 4.78 is 33.9. The maximum absolute atomic E-state index is 12.2. The predicted octanol–water partition coefficient (Wildman–Crippen LogP) is 4.09. The quantitative estimate of drug-likeness (QED) is 0.559. The Labute approximate surface area is 183 Å². The summed E-state index contributed by atoms with van der Waals surface area (Å²) in [5.74, 6) is 0.0832. The lowest BCUT2D eigenvalue weighted by Gasteiger charge is -2.12. The lowest BCUT2D eigenvalue weighted by Crippen LogP contribution is -2.17. The zero-order chi connectivity index (χ0) is 21.9. The van der Waals surface area contributed by atoms with E-state index in [-0.39, 0.29) is 38.9 Å². The summed E-state index contributed by atoms with van der Waals surface area (Å²) in [6, 6.07) is 9.07. The number of rotatable bonds is 7. The van der Waals surface area contributed by atoms with Crippen LogP contribution < -0.4 is 15.0 Å². The fourth-order valence-electron chi connectivity index (χ4n) is 2.57. The van der Waals surface area contributed by atoms with Crippen molar-refractivity contribution in [2.45, 2.75) is 13.3 Å². The van der Waals surface area contributed by atoms with Crippen molar-refractivity contribution in [3.63, 3.8) is 0 Å². The van der Waals surface area contributed by atoms with Crippen molar-refractivity contribution >= 4 is 39.0 Å². The molecule has 0 saturated carbocycles. The van der Waals surface area contributed by atoms with Crippen LogP contribution in [-0.4, -0.2) is 28.7 Å². The summed E-state index contributed by atoms with van der Waals surface area (Å²) in [6.45, 7) is 1.75. The first-order valence-electron chi connectivity index (χ1n) is 8.87. The number of benzene rings is 1. The predicted molar refractivity (Wildman–Crippen MR) is 117 cm³/mol. The zero-order valence-electron chi connectivity index (χ0n) is 16.1. The van der Waals surface area contributed by atoms with Crippen molar-refractivity contribution < 1.29 is 13.2 Å². The summed E-state index contributed by atoms with van der Waals surface area (Å²) in [4.78, 5) is 20.2. The summed E-state index contributed by atoms with van der Waals surface area (Å²) in [7, 11) is -2.01. The second-order valence-electron chi connectivity index (χ2n) is 6.36. The number of halogens is 2. The molecule has 30 heavy (non-hydrogen) atoms. The minimum absolute atomic E-state index is 0.0143. The SMILES string of the molecule is CCCS(=O)(=O)Nc1cc(-c2ccc(=O)n(C)c2)nc(Oc2c(Cl)cccc2Cl)n1. The normalized spacial score (nSPS) is 11.3. The molecule has 0 spiro atoms. The van der Waals surface area contributed by atoms with Gasteiger partial charge in [-0.25, -0.2) is 8.42 Å². The van der Waals surface area contributed by atoms with Crippen molar-refractivity contribution in [3.05, 3.63) is 63.0 Å². The van der Waals surface area contributed by atoms with Crippen LogP contribution in [0.25, 0.3) is 11.3 Å². The molecule has 158 valence electrons. The minimum Gasteiger partial charge on any atom is -0.421 e. The highest BCUT2D eigenvalue weighted by Crippen LogP contribution is 2.35. The lowest BCUT2D eigenvalue weighted by molar-refractivity contribution is 0.444. The van der Waals surface area contributed by atoms with E-state index >= 15 is 0 Å². The summed E-state index contributed by atoms with van der Waals surface area (Å²) >= 11 is 12.3. The molecule has 3 aromatic rings. The third-order valence-corrected chi connectivity index (χ3v) is 5.99. The standard InChI is InChI=1S/C19H18Cl2N4O4S/c1-3-9-30(27,28)24-16-10-15(12-7-8-17(26)25(2)11-12)22-19(23-16)29-18-13(20)5-4-6-14(18)21/h4-8,10-11H,3,9H2,1-2H3,(H,22,23,24). The Morgan fingerprint density at radius 1 is 1.13 bits per heavy atom. The largest absolute Gasteiger partial charge is 0.421 e. The molecule has 0 aliphatic carbocycles. The molecular weight excluding hydrogens is 451 g/mol. The first kappa shape index (κ1) is 22.1. The van der Waals surface area contributed by atoms with Crippen LogP contribution in [0.5, 0.6) is 11.8 Å². The van der Waals surface area contributed by atoms with Crippen LogP contribution in [0.2, 0.25) is 10.0 Å². The molecule has 2 aromatic heterocycles. The Bertz CT molecular complexity index is 1230. The number of hydrogen-bond donors (Lipinski definition) is 1. The first-order chi connectivity index (χ1) is 14.2. The molecule has 0 radical (unpaired) electrons. The zero-order valence-corrected chi connectivity index (χ0v) is 18.4. The molecule has 0 amide bonds. The van der Waals surface area contributed by atoms with Gasteiger partial charge in [0, 0.05) is 30.9 Å². The van der Waals surface area contributed by atoms with Crippen LogP contribution in [0.4, 0.5) is 5.82 Å². The van der Waals surface area contributed by atoms with Crippen LogP contribution in [0.15, 0.2) is 47.4 Å². The van der Waals surface area contributed by atoms with E-state index in [2.05, 4.69) is 14.7 Å². The fraction of sp³-hybridized carbons (Fsp3) is 0.211. The van der Waals surface area contributed by atoms with Gasteiger partial charge in [-0.1, -0.05) is 36.2 Å². The number of nitrogens with one attached hydrogen (secondary N) is 1. The van der Waals surface area contributed by atoms with Crippen molar-refractivity contribution in [1.29, 1.82) is 0 Å². The van der Waals surface area contributed by atoms with E-state index in [0.29, 0.717) is 17.7 Å². The van der Waals surface area contributed by atoms with E-state index in [9.17, 15) is 13.2 Å². The molecule has 1 N–H and O–H groups in total. The van der Waals surface area contributed by atoms with Gasteiger partial charge in [-0.3, -0.25) is 9.52 Å². The van der Waals surface area contributed by atoms with E-state index in [4.69, 9.17) is 27.9 Å². The number of hydrogen-bond acceptors (Lipinski definition) is 6. The van der Waals surface area contributed by atoms with Crippen molar-refractivity contribution in [1.82, 2.24) is 14.5 Å². The number of ether oxygens (including phenoxy) is 1. The second kappa shape index (κ2) is 9.03. The van der Waals surface area contributed by atoms with Crippen molar-refractivity contribution in [3.8, 4) is 23.0 Å². The van der Waals surface area contributed by atoms with E-state index in [0.717, 1.165) is 0 Å². The third-order valence-electron chi connectivity index (χ3n) is 3.93. The number of aryl methyl sites for hydroxylation is 1. The van der Waals surface area contributed by atoms with Gasteiger partial charge in [0.1, 0.15) is 5.82 Å². The van der Waals surface area contributed by atoms with Crippen LogP contribution in [-0.2, 0) is 17.1 Å². The number of nitrogens with zero attached hydrogens (tertiary/aromatic N) is 3. The summed E-state index contributed by atoms with van der Waals surface area (Å²) in [5, 5.41) is 0.485. The average Bonchev–Trinajstić information content (AvgIpc) is 2.66. The number of para-hydroxylation sites is 1. The molecular formula is C19H18Cl2N4O4S. The highest BCUT2D eigenvalue weighted by atomic mass is 35.5. The van der Waals surface area contributed by atoms with Gasteiger partial charge in [-0.15, -0.1) is 0 Å². The van der Waals surface area contributed by atoms with Crippen LogP contribution in [0.3, 0.4) is 0 Å². The van der Waals surface area contributed by atoms with Gasteiger partial charge in [0.2, 0.25) is 15.6 Å². The van der Waals surface area contributed by atoms with Gasteiger partial charge < -0.3 is 9.30 Å². The van der Waals surface area contributed by atoms with E-state index in [1.165, 1.54) is 16.7 Å². The highest BCUT2D eigenvalue weighted by Gasteiger charge is 2.16. The van der Waals surface area contributed by atoms with E-state index in [1.807, 2.05) is 0 Å². The molecule has 0 aliphatic heterocycles. The van der Waals surface area contributed by atoms with Crippen LogP contribution >= 0.6 is 23.2 Å². The van der Waals surface area contributed by atoms with Gasteiger partial charge in [-0.05, 0) is 24.6 Å². The number of pyridine rings is 1. The number of aromatic nitrogens is 3. The minimum atomic E-state index is -3.61. The molecule has 0 atom stereocenters. The molecule has 0 bridgehead atoms. The van der Waals surface area contributed by atoms with Gasteiger partial charge in [-0.2, -0.15) is 9.97 Å². The molecule has 0 saturated heterocycles. The topological polar surface area (TPSA) is 103 Å². The monoisotopic (exact) mass is 468 g/mol. The number of anilines is 1. The van der Waals surface area contributed by atoms with Crippen LogP contribution in [0.1, 0.15) is 13.3 Å². The smallest absolute Gasteiger partial charge is 0.324 e. The fourth-order valence-corrected chi connectivity index (χ4v) is 4.10. The van der Waals surface area contributed by atoms with Gasteiger partial charge in [0.05, 0.1) is 21.5 Å². The Morgan fingerprint density at radius 2 is 1.83 bits per heavy atom. The van der Waals surface area contributed by atoms with E-state index < -0.39 is 10.0 Å². The van der Waals surface area contributed by atoms with Gasteiger partial charge in [0.15, 0.2) is 5.75 Å². The molecule has 0 unspecified atom stereocenters. The van der Waals surface area contributed by atoms with Gasteiger partial charge in [0.25, 0.3) is 0 Å². The molecule has 2 heterocycles. The van der Waals surface area contributed by atoms with Crippen molar-refractivity contribution in [2.24, 2.45) is 7.05 Å². The lowest BCUT2D eigenvalue weighted by atomic mass is 10.2.